The smallest absolute Gasteiger partial charge is 0.227 e. The van der Waals surface area contributed by atoms with Gasteiger partial charge >= 0.3 is 0 Å². The Bertz CT molecular complexity index is 637. The van der Waals surface area contributed by atoms with Crippen molar-refractivity contribution in [1.29, 1.82) is 0 Å². The molecule has 1 aromatic rings. The highest BCUT2D eigenvalue weighted by molar-refractivity contribution is 5.85. The highest BCUT2D eigenvalue weighted by Gasteiger charge is 2.23. The van der Waals surface area contributed by atoms with Gasteiger partial charge in [-0.1, -0.05) is 12.1 Å². The van der Waals surface area contributed by atoms with Crippen LogP contribution in [-0.2, 0) is 16.0 Å². The van der Waals surface area contributed by atoms with Gasteiger partial charge in [0, 0.05) is 32.6 Å². The molecule has 27 heavy (non-hydrogen) atoms. The number of hydrogen-bond donors (Lipinski definition) is 1. The molecule has 0 saturated carbocycles. The van der Waals surface area contributed by atoms with Crippen molar-refractivity contribution in [2.45, 2.75) is 32.1 Å². The van der Waals surface area contributed by atoms with Crippen molar-refractivity contribution < 1.29 is 14.0 Å². The zero-order valence-electron chi connectivity index (χ0n) is 15.7. The van der Waals surface area contributed by atoms with Gasteiger partial charge in [0.2, 0.25) is 11.8 Å². The van der Waals surface area contributed by atoms with Gasteiger partial charge < -0.3 is 15.1 Å². The normalized spacial score (nSPS) is 20.1. The van der Waals surface area contributed by atoms with Crippen molar-refractivity contribution in [3.63, 3.8) is 0 Å². The molecule has 2 amide bonds. The first-order chi connectivity index (χ1) is 12.6. The molecule has 1 unspecified atom stereocenters. The second-order valence-electron chi connectivity index (χ2n) is 7.32. The number of carbonyl (C=O) groups excluding carboxylic acids is 2. The molecule has 5 nitrogen and oxygen atoms in total. The lowest BCUT2D eigenvalue weighted by Crippen LogP contribution is -2.38. The summed E-state index contributed by atoms with van der Waals surface area (Å²) in [5.41, 5.74) is 0.692. The van der Waals surface area contributed by atoms with E-state index in [0.29, 0.717) is 44.1 Å². The van der Waals surface area contributed by atoms with Gasteiger partial charge in [0.1, 0.15) is 5.82 Å². The minimum atomic E-state index is -0.319. The molecule has 1 aromatic carbocycles. The summed E-state index contributed by atoms with van der Waals surface area (Å²) < 4.78 is 13.3. The molecule has 0 aromatic heterocycles. The van der Waals surface area contributed by atoms with Crippen LogP contribution in [0.15, 0.2) is 24.3 Å². The van der Waals surface area contributed by atoms with E-state index in [1.807, 2.05) is 4.90 Å². The molecular weight excluding hydrogens is 369 g/mol. The minimum absolute atomic E-state index is 0. The second kappa shape index (κ2) is 10.6. The lowest BCUT2D eigenvalue weighted by molar-refractivity contribution is -0.133. The first-order valence-corrected chi connectivity index (χ1v) is 9.62. The van der Waals surface area contributed by atoms with Crippen molar-refractivity contribution in [2.24, 2.45) is 5.92 Å². The molecular formula is C20H29ClFN3O2. The van der Waals surface area contributed by atoms with E-state index in [1.54, 1.807) is 17.0 Å². The summed E-state index contributed by atoms with van der Waals surface area (Å²) in [5.74, 6) is 0.508. The number of carbonyl (C=O) groups is 2. The molecule has 0 spiro atoms. The molecule has 2 aliphatic rings. The third kappa shape index (κ3) is 6.47. The quantitative estimate of drug-likeness (QED) is 0.829. The van der Waals surface area contributed by atoms with Crippen molar-refractivity contribution in [3.05, 3.63) is 35.6 Å². The van der Waals surface area contributed by atoms with E-state index >= 15 is 0 Å². The standard InChI is InChI=1S/C20H28FN3O2.ClH/c21-18-4-1-3-17(13-18)14-20(26)24-10-2-9-23(11-12-24)19(25)6-5-16-7-8-22-15-16;/h1,3-4,13,16,22H,2,5-12,14-15H2;1H. The average molecular weight is 398 g/mol. The Morgan fingerprint density at radius 2 is 1.85 bits per heavy atom. The first kappa shape index (κ1) is 21.6. The van der Waals surface area contributed by atoms with Crippen LogP contribution in [0.1, 0.15) is 31.2 Å². The minimum Gasteiger partial charge on any atom is -0.341 e. The monoisotopic (exact) mass is 397 g/mol. The van der Waals surface area contributed by atoms with Gasteiger partial charge in [-0.2, -0.15) is 0 Å². The van der Waals surface area contributed by atoms with E-state index in [-0.39, 0.29) is 36.5 Å². The lowest BCUT2D eigenvalue weighted by Gasteiger charge is -2.23. The molecule has 0 radical (unpaired) electrons. The lowest BCUT2D eigenvalue weighted by atomic mass is 10.0. The fraction of sp³-hybridized carbons (Fsp3) is 0.600. The van der Waals surface area contributed by atoms with Crippen LogP contribution < -0.4 is 5.32 Å². The maximum Gasteiger partial charge on any atom is 0.227 e. The van der Waals surface area contributed by atoms with Crippen LogP contribution in [0.5, 0.6) is 0 Å². The second-order valence-corrected chi connectivity index (χ2v) is 7.32. The van der Waals surface area contributed by atoms with Crippen LogP contribution in [0.2, 0.25) is 0 Å². The maximum absolute atomic E-state index is 13.3. The van der Waals surface area contributed by atoms with Crippen molar-refractivity contribution in [2.75, 3.05) is 39.3 Å². The molecule has 0 bridgehead atoms. The third-order valence-electron chi connectivity index (χ3n) is 5.37. The Morgan fingerprint density at radius 1 is 1.11 bits per heavy atom. The summed E-state index contributed by atoms with van der Waals surface area (Å²) >= 11 is 0. The van der Waals surface area contributed by atoms with Crippen LogP contribution in [0.4, 0.5) is 4.39 Å². The molecule has 3 rings (SSSR count). The van der Waals surface area contributed by atoms with Crippen LogP contribution in [-0.4, -0.2) is 60.9 Å². The van der Waals surface area contributed by atoms with Crippen LogP contribution in [0.25, 0.3) is 0 Å². The van der Waals surface area contributed by atoms with Gasteiger partial charge in [-0.3, -0.25) is 9.59 Å². The van der Waals surface area contributed by atoms with E-state index in [9.17, 15) is 14.0 Å². The van der Waals surface area contributed by atoms with Crippen molar-refractivity contribution >= 4 is 24.2 Å². The summed E-state index contributed by atoms with van der Waals surface area (Å²) in [6, 6.07) is 6.18. The van der Waals surface area contributed by atoms with Crippen molar-refractivity contribution in [3.8, 4) is 0 Å². The molecule has 2 saturated heterocycles. The van der Waals surface area contributed by atoms with Gasteiger partial charge in [-0.25, -0.2) is 4.39 Å². The number of amides is 2. The summed E-state index contributed by atoms with van der Waals surface area (Å²) in [7, 11) is 0. The molecule has 2 fully saturated rings. The highest BCUT2D eigenvalue weighted by Crippen LogP contribution is 2.16. The van der Waals surface area contributed by atoms with E-state index in [2.05, 4.69) is 5.32 Å². The Hall–Kier alpha value is -1.66. The predicted molar refractivity (Wildman–Crippen MR) is 105 cm³/mol. The summed E-state index contributed by atoms with van der Waals surface area (Å²) in [6.07, 6.45) is 3.72. The zero-order chi connectivity index (χ0) is 18.4. The number of nitrogens with one attached hydrogen (secondary N) is 1. The topological polar surface area (TPSA) is 52.7 Å². The van der Waals surface area contributed by atoms with E-state index in [0.717, 1.165) is 32.4 Å². The van der Waals surface area contributed by atoms with Gasteiger partial charge in [-0.15, -0.1) is 12.4 Å². The number of rotatable bonds is 5. The summed E-state index contributed by atoms with van der Waals surface area (Å²) in [4.78, 5) is 28.7. The number of hydrogen-bond acceptors (Lipinski definition) is 3. The number of halogens is 2. The molecule has 1 atom stereocenters. The van der Waals surface area contributed by atoms with Gasteiger partial charge in [0.25, 0.3) is 0 Å². The third-order valence-corrected chi connectivity index (χ3v) is 5.37. The van der Waals surface area contributed by atoms with E-state index < -0.39 is 0 Å². The zero-order valence-corrected chi connectivity index (χ0v) is 16.5. The van der Waals surface area contributed by atoms with Gasteiger partial charge in [-0.05, 0) is 56.0 Å². The van der Waals surface area contributed by atoms with E-state index in [4.69, 9.17) is 0 Å². The largest absolute Gasteiger partial charge is 0.341 e. The molecule has 0 aliphatic carbocycles. The SMILES string of the molecule is Cl.O=C(CCC1CCNC1)N1CCCN(C(=O)Cc2cccc(F)c2)CC1. The van der Waals surface area contributed by atoms with Crippen LogP contribution in [0.3, 0.4) is 0 Å². The van der Waals surface area contributed by atoms with Crippen LogP contribution in [0, 0.1) is 11.7 Å². The Balaban J connectivity index is 0.00000261. The van der Waals surface area contributed by atoms with Gasteiger partial charge in [0.05, 0.1) is 6.42 Å². The Morgan fingerprint density at radius 3 is 2.52 bits per heavy atom. The fourth-order valence-corrected chi connectivity index (χ4v) is 3.80. The molecule has 2 heterocycles. The van der Waals surface area contributed by atoms with Gasteiger partial charge in [0.15, 0.2) is 0 Å². The molecule has 1 N–H and O–H groups in total. The highest BCUT2D eigenvalue weighted by atomic mass is 35.5. The maximum atomic E-state index is 13.3. The average Bonchev–Trinajstić information content (AvgIpc) is 3.02. The molecule has 7 heteroatoms. The number of benzene rings is 1. The summed E-state index contributed by atoms with van der Waals surface area (Å²) in [5, 5.41) is 3.33. The molecule has 150 valence electrons. The first-order valence-electron chi connectivity index (χ1n) is 9.62. The Labute approximate surface area is 166 Å². The van der Waals surface area contributed by atoms with Crippen LogP contribution >= 0.6 is 12.4 Å². The fourth-order valence-electron chi connectivity index (χ4n) is 3.80. The predicted octanol–water partition coefficient (Wildman–Crippen LogP) is 2.24. The Kier molecular flexibility index (Phi) is 8.51. The number of nitrogens with zero attached hydrogens (tertiary/aromatic N) is 2. The summed E-state index contributed by atoms with van der Waals surface area (Å²) in [6.45, 7) is 4.61. The van der Waals surface area contributed by atoms with Crippen molar-refractivity contribution in [1.82, 2.24) is 15.1 Å². The van der Waals surface area contributed by atoms with E-state index in [1.165, 1.54) is 12.1 Å². The molecule has 2 aliphatic heterocycles.